The lowest BCUT2D eigenvalue weighted by Crippen LogP contribution is -2.35. The average molecular weight is 485 g/mol. The van der Waals surface area contributed by atoms with Crippen LogP contribution in [0.4, 0.5) is 0 Å². The molecular formula is C28H21ClN2O4. The number of benzene rings is 3. The van der Waals surface area contributed by atoms with Crippen molar-refractivity contribution in [3.8, 4) is 0 Å². The molecule has 2 heterocycles. The number of nitrogens with one attached hydrogen (secondary N) is 1. The molecule has 1 aliphatic carbocycles. The van der Waals surface area contributed by atoms with Crippen molar-refractivity contribution in [2.75, 3.05) is 0 Å². The fourth-order valence-electron chi connectivity index (χ4n) is 4.76. The van der Waals surface area contributed by atoms with E-state index in [1.807, 2.05) is 42.6 Å². The van der Waals surface area contributed by atoms with Crippen LogP contribution in [-0.4, -0.2) is 21.6 Å². The van der Waals surface area contributed by atoms with Gasteiger partial charge in [-0.3, -0.25) is 4.79 Å². The van der Waals surface area contributed by atoms with Gasteiger partial charge in [0.2, 0.25) is 0 Å². The monoisotopic (exact) mass is 484 g/mol. The van der Waals surface area contributed by atoms with Gasteiger partial charge >= 0.3 is 5.97 Å². The minimum atomic E-state index is -0.971. The largest absolute Gasteiger partial charge is 0.478 e. The topological polar surface area (TPSA) is 84.5 Å². The summed E-state index contributed by atoms with van der Waals surface area (Å²) < 4.78 is 7.73. The lowest BCUT2D eigenvalue weighted by atomic mass is 10.0. The van der Waals surface area contributed by atoms with Crippen molar-refractivity contribution in [3.63, 3.8) is 0 Å². The van der Waals surface area contributed by atoms with E-state index in [1.165, 1.54) is 0 Å². The van der Waals surface area contributed by atoms with Gasteiger partial charge in [0.05, 0.1) is 28.4 Å². The second-order valence-electron chi connectivity index (χ2n) is 9.01. The van der Waals surface area contributed by atoms with Crippen LogP contribution in [0, 0.1) is 0 Å². The Labute approximate surface area is 205 Å². The highest BCUT2D eigenvalue weighted by Gasteiger charge is 2.46. The Balaban J connectivity index is 1.39. The van der Waals surface area contributed by atoms with E-state index in [-0.39, 0.29) is 11.5 Å². The minimum Gasteiger partial charge on any atom is -0.478 e. The molecule has 3 aromatic carbocycles. The van der Waals surface area contributed by atoms with Gasteiger partial charge in [-0.2, -0.15) is 0 Å². The molecule has 174 valence electrons. The zero-order valence-electron chi connectivity index (χ0n) is 18.6. The summed E-state index contributed by atoms with van der Waals surface area (Å²) in [6, 6.07) is 20.1. The van der Waals surface area contributed by atoms with Crippen molar-refractivity contribution >= 4 is 45.3 Å². The Morgan fingerprint density at radius 2 is 1.74 bits per heavy atom. The SMILES string of the molecule is O=C(O)c1ccc(C2(NC(=O)c3cc4occc4c4ccn(Cc5ccc(Cl)cc5)c34)CC2)cc1. The van der Waals surface area contributed by atoms with Crippen molar-refractivity contribution in [3.05, 3.63) is 106 Å². The third-order valence-electron chi connectivity index (χ3n) is 6.78. The number of nitrogens with zero attached hydrogens (tertiary/aromatic N) is 1. The van der Waals surface area contributed by atoms with Crippen LogP contribution in [0.25, 0.3) is 21.9 Å². The van der Waals surface area contributed by atoms with Gasteiger partial charge in [-0.25, -0.2) is 4.79 Å². The fourth-order valence-corrected chi connectivity index (χ4v) is 4.89. The molecule has 35 heavy (non-hydrogen) atoms. The molecule has 1 aliphatic rings. The van der Waals surface area contributed by atoms with Gasteiger partial charge in [0, 0.05) is 28.5 Å². The second-order valence-corrected chi connectivity index (χ2v) is 9.44. The highest BCUT2D eigenvalue weighted by atomic mass is 35.5. The van der Waals surface area contributed by atoms with Crippen LogP contribution in [0.2, 0.25) is 5.02 Å². The van der Waals surface area contributed by atoms with Crippen LogP contribution in [0.1, 0.15) is 44.7 Å². The van der Waals surface area contributed by atoms with Crippen molar-refractivity contribution in [2.24, 2.45) is 0 Å². The molecule has 0 bridgehead atoms. The van der Waals surface area contributed by atoms with Crippen LogP contribution in [0.15, 0.2) is 83.6 Å². The smallest absolute Gasteiger partial charge is 0.335 e. The van der Waals surface area contributed by atoms with Gasteiger partial charge in [-0.1, -0.05) is 35.9 Å². The zero-order chi connectivity index (χ0) is 24.2. The van der Waals surface area contributed by atoms with Crippen molar-refractivity contribution in [2.45, 2.75) is 24.9 Å². The number of aromatic carboxylic acids is 1. The van der Waals surface area contributed by atoms with Crippen molar-refractivity contribution in [1.29, 1.82) is 0 Å². The molecule has 0 aliphatic heterocycles. The number of hydrogen-bond donors (Lipinski definition) is 2. The van der Waals surface area contributed by atoms with Crippen molar-refractivity contribution < 1.29 is 19.1 Å². The summed E-state index contributed by atoms with van der Waals surface area (Å²) in [5.74, 6) is -1.16. The van der Waals surface area contributed by atoms with Crippen molar-refractivity contribution in [1.82, 2.24) is 9.88 Å². The van der Waals surface area contributed by atoms with Gasteiger partial charge < -0.3 is 19.4 Å². The van der Waals surface area contributed by atoms with Crippen LogP contribution >= 0.6 is 11.6 Å². The zero-order valence-corrected chi connectivity index (χ0v) is 19.4. The van der Waals surface area contributed by atoms with E-state index in [2.05, 4.69) is 9.88 Å². The van der Waals surface area contributed by atoms with Gasteiger partial charge in [-0.05, 0) is 66.4 Å². The summed E-state index contributed by atoms with van der Waals surface area (Å²) in [4.78, 5) is 24.9. The maximum Gasteiger partial charge on any atom is 0.335 e. The molecule has 6 nitrogen and oxygen atoms in total. The number of fused-ring (bicyclic) bond motifs is 3. The van der Waals surface area contributed by atoms with E-state index in [0.717, 1.165) is 40.3 Å². The number of carboxylic acid groups (broad SMARTS) is 1. The molecule has 1 amide bonds. The molecule has 0 atom stereocenters. The first kappa shape index (κ1) is 21.5. The number of hydrogen-bond acceptors (Lipinski definition) is 3. The maximum absolute atomic E-state index is 13.7. The number of carboxylic acids is 1. The van der Waals surface area contributed by atoms with E-state index in [9.17, 15) is 14.7 Å². The Morgan fingerprint density at radius 3 is 2.43 bits per heavy atom. The van der Waals surface area contributed by atoms with Crippen LogP contribution in [0.5, 0.6) is 0 Å². The standard InChI is InChI=1S/C28H21ClN2O4/c29-20-7-1-17(2-8-20)16-31-13-9-22-21-10-14-35-24(21)15-23(25(22)31)26(32)30-28(11-12-28)19-5-3-18(4-6-19)27(33)34/h1-10,13-15H,11-12,16H2,(H,30,32)(H,33,34). The van der Waals surface area contributed by atoms with E-state index in [4.69, 9.17) is 16.0 Å². The molecule has 2 aromatic heterocycles. The number of furan rings is 1. The highest BCUT2D eigenvalue weighted by molar-refractivity contribution is 6.30. The Hall–Kier alpha value is -4.03. The predicted octanol–water partition coefficient (Wildman–Crippen LogP) is 6.21. The predicted molar refractivity (Wildman–Crippen MR) is 134 cm³/mol. The lowest BCUT2D eigenvalue weighted by molar-refractivity contribution is 0.0696. The number of carbonyl (C=O) groups is 2. The first-order valence-corrected chi connectivity index (χ1v) is 11.7. The summed E-state index contributed by atoms with van der Waals surface area (Å²) in [5.41, 5.74) is 3.73. The molecule has 7 heteroatoms. The maximum atomic E-state index is 13.7. The van der Waals surface area contributed by atoms with E-state index in [0.29, 0.717) is 22.7 Å². The number of aromatic nitrogens is 1. The van der Waals surface area contributed by atoms with Gasteiger partial charge in [0.1, 0.15) is 5.58 Å². The van der Waals surface area contributed by atoms with Gasteiger partial charge in [0.15, 0.2) is 0 Å². The number of amides is 1. The van der Waals surface area contributed by atoms with E-state index < -0.39 is 11.5 Å². The Bertz CT molecular complexity index is 1590. The molecule has 0 spiro atoms. The van der Waals surface area contributed by atoms with E-state index >= 15 is 0 Å². The van der Waals surface area contributed by atoms with Gasteiger partial charge in [-0.15, -0.1) is 0 Å². The summed E-state index contributed by atoms with van der Waals surface area (Å²) in [7, 11) is 0. The molecule has 0 unspecified atom stereocenters. The molecule has 6 rings (SSSR count). The molecule has 1 fully saturated rings. The first-order valence-electron chi connectivity index (χ1n) is 11.3. The van der Waals surface area contributed by atoms with Gasteiger partial charge in [0.25, 0.3) is 5.91 Å². The summed E-state index contributed by atoms with van der Waals surface area (Å²) in [5, 5.41) is 15.0. The number of halogens is 1. The summed E-state index contributed by atoms with van der Waals surface area (Å²) in [6.45, 7) is 0.589. The van der Waals surface area contributed by atoms with Crippen LogP contribution in [0.3, 0.4) is 0 Å². The second kappa shape index (κ2) is 8.03. The minimum absolute atomic E-state index is 0.191. The van der Waals surface area contributed by atoms with Crippen LogP contribution < -0.4 is 5.32 Å². The summed E-state index contributed by atoms with van der Waals surface area (Å²) >= 11 is 6.05. The fraction of sp³-hybridized carbons (Fsp3) is 0.143. The molecule has 5 aromatic rings. The quantitative estimate of drug-likeness (QED) is 0.300. The van der Waals surface area contributed by atoms with Crippen LogP contribution in [-0.2, 0) is 12.1 Å². The molecule has 0 radical (unpaired) electrons. The Kier molecular flexibility index (Phi) is 4.93. The van der Waals surface area contributed by atoms with E-state index in [1.54, 1.807) is 36.6 Å². The first-order chi connectivity index (χ1) is 16.9. The average Bonchev–Trinajstić information content (AvgIpc) is 3.28. The number of rotatable bonds is 6. The molecule has 1 saturated carbocycles. The molecular weight excluding hydrogens is 464 g/mol. The Morgan fingerprint density at radius 1 is 1.00 bits per heavy atom. The molecule has 2 N–H and O–H groups in total. The third-order valence-corrected chi connectivity index (χ3v) is 7.03. The third kappa shape index (κ3) is 3.76. The molecule has 0 saturated heterocycles. The normalized spacial score (nSPS) is 14.3. The highest BCUT2D eigenvalue weighted by Crippen LogP contribution is 2.46. The number of carbonyl (C=O) groups excluding carboxylic acids is 1. The summed E-state index contributed by atoms with van der Waals surface area (Å²) in [6.07, 6.45) is 5.21. The lowest BCUT2D eigenvalue weighted by Gasteiger charge is -2.19.